The highest BCUT2D eigenvalue weighted by molar-refractivity contribution is 5.84. The number of fused-ring (bicyclic) bond motifs is 18. The molecule has 0 fully saturated rings. The maximum Gasteiger partial charge on any atom is -0.00107 e. The van der Waals surface area contributed by atoms with Crippen molar-refractivity contribution in [3.8, 4) is 66.8 Å². The quantitative estimate of drug-likeness (QED) is 0.142. The van der Waals surface area contributed by atoms with Gasteiger partial charge < -0.3 is 0 Å². The maximum absolute atomic E-state index is 2.34. The standard InChI is InChI=1S/6C15H14/c2*1-10-7-13-9-12-5-3-4-6-14(12)15(13)8-11(10)2;2*1-10-7-8-13-9-12-5-3-4-6-14(12)15(13)11(10)2;2*1-10-7-8-14-13-6-4-3-5-12(13)9-15(14)11(10)2/h6*3-8H,9H2,1-2H3. The second-order valence-corrected chi connectivity index (χ2v) is 26.3. The SMILES string of the molecule is Cc1cc2c(cc1C)-c1ccccc1C2.Cc1cc2c(cc1C)-c1ccccc1C2.Cc1ccc2c(c1C)-c1ccccc1C2.Cc1ccc2c(c1C)-c1ccccc1C2.Cc1ccc2c(c1C)Cc1ccccc1-2.Cc1ccc2c(c1C)Cc1ccccc1-2. The fraction of sp³-hybridized carbons (Fsp3) is 0.200. The van der Waals surface area contributed by atoms with Crippen molar-refractivity contribution in [1.82, 2.24) is 0 Å². The molecule has 18 rings (SSSR count). The second-order valence-electron chi connectivity index (χ2n) is 26.3. The van der Waals surface area contributed by atoms with Gasteiger partial charge in [-0.3, -0.25) is 0 Å². The largest absolute Gasteiger partial charge is 0.0619 e. The maximum atomic E-state index is 2.34. The topological polar surface area (TPSA) is 0 Å². The van der Waals surface area contributed by atoms with Gasteiger partial charge in [-0.25, -0.2) is 0 Å². The first-order valence-electron chi connectivity index (χ1n) is 32.7. The van der Waals surface area contributed by atoms with E-state index in [1.807, 2.05) is 0 Å². The van der Waals surface area contributed by atoms with Crippen molar-refractivity contribution in [1.29, 1.82) is 0 Å². The minimum atomic E-state index is 1.10. The predicted octanol–water partition coefficient (Wildman–Crippen LogP) is 23.2. The van der Waals surface area contributed by atoms with E-state index < -0.39 is 0 Å². The van der Waals surface area contributed by atoms with Crippen LogP contribution in [0.1, 0.15) is 134 Å². The van der Waals surface area contributed by atoms with Crippen molar-refractivity contribution in [2.24, 2.45) is 0 Å². The summed E-state index contributed by atoms with van der Waals surface area (Å²) in [7, 11) is 0. The smallest absolute Gasteiger partial charge is 0.00107 e. The molecule has 0 spiro atoms. The van der Waals surface area contributed by atoms with Crippen molar-refractivity contribution in [3.05, 3.63) is 352 Å². The lowest BCUT2D eigenvalue weighted by atomic mass is 9.97. The summed E-state index contributed by atoms with van der Waals surface area (Å²) in [6.07, 6.45) is 6.64. The van der Waals surface area contributed by atoms with Crippen LogP contribution >= 0.6 is 0 Å². The Morgan fingerprint density at radius 2 is 0.422 bits per heavy atom. The Kier molecular flexibility index (Phi) is 16.5. The van der Waals surface area contributed by atoms with Crippen LogP contribution < -0.4 is 0 Å². The molecule has 90 heavy (non-hydrogen) atoms. The fourth-order valence-corrected chi connectivity index (χ4v) is 14.8. The zero-order valence-electron chi connectivity index (χ0n) is 55.0. The molecule has 0 N–H and O–H groups in total. The van der Waals surface area contributed by atoms with E-state index in [1.54, 1.807) is 0 Å². The molecule has 0 heteroatoms. The van der Waals surface area contributed by atoms with Gasteiger partial charge in [-0.15, -0.1) is 0 Å². The molecule has 0 heterocycles. The van der Waals surface area contributed by atoms with Crippen LogP contribution in [0.2, 0.25) is 0 Å². The lowest BCUT2D eigenvalue weighted by Crippen LogP contribution is -1.89. The van der Waals surface area contributed by atoms with Crippen molar-refractivity contribution in [2.45, 2.75) is 122 Å². The minimum Gasteiger partial charge on any atom is -0.0619 e. The Morgan fingerprint density at radius 1 is 0.167 bits per heavy atom. The first-order valence-corrected chi connectivity index (χ1v) is 32.7. The van der Waals surface area contributed by atoms with Gasteiger partial charge in [0.15, 0.2) is 0 Å². The van der Waals surface area contributed by atoms with Crippen LogP contribution in [-0.2, 0) is 38.5 Å². The van der Waals surface area contributed by atoms with Crippen molar-refractivity contribution in [2.75, 3.05) is 0 Å². The average molecular weight is 1170 g/mol. The van der Waals surface area contributed by atoms with Crippen LogP contribution in [0, 0.1) is 83.1 Å². The number of benzene rings is 12. The van der Waals surface area contributed by atoms with Gasteiger partial charge in [0.1, 0.15) is 0 Å². The zero-order valence-corrected chi connectivity index (χ0v) is 55.0. The normalized spacial score (nSPS) is 12.4. The molecule has 0 nitrogen and oxygen atoms in total. The average Bonchev–Trinajstić information content (AvgIpc) is 1.95. The van der Waals surface area contributed by atoms with E-state index in [-0.39, 0.29) is 0 Å². The van der Waals surface area contributed by atoms with E-state index in [0.29, 0.717) is 0 Å². The van der Waals surface area contributed by atoms with E-state index in [9.17, 15) is 0 Å². The Hall–Kier alpha value is -9.36. The first-order chi connectivity index (χ1) is 43.6. The number of hydrogen-bond donors (Lipinski definition) is 0. The predicted molar refractivity (Wildman–Crippen MR) is 385 cm³/mol. The molecule has 6 aliphatic rings. The summed E-state index contributed by atoms with van der Waals surface area (Å²) in [6, 6.07) is 79.8. The van der Waals surface area contributed by atoms with Crippen LogP contribution in [0.25, 0.3) is 66.8 Å². The van der Waals surface area contributed by atoms with Gasteiger partial charge in [0.2, 0.25) is 0 Å². The molecule has 0 atom stereocenters. The Balaban J connectivity index is 0.0000000991. The summed E-state index contributed by atoms with van der Waals surface area (Å²) in [5.41, 5.74) is 52.1. The van der Waals surface area contributed by atoms with Gasteiger partial charge in [0, 0.05) is 0 Å². The molecular weight excluding hydrogens is 1080 g/mol. The summed E-state index contributed by atoms with van der Waals surface area (Å²) in [6.45, 7) is 26.5. The highest BCUT2D eigenvalue weighted by atomic mass is 14.3. The Bertz CT molecular complexity index is 4460. The molecular formula is C90H84. The third-order valence-corrected chi connectivity index (χ3v) is 20.9. The van der Waals surface area contributed by atoms with Crippen molar-refractivity contribution in [3.63, 3.8) is 0 Å². The van der Waals surface area contributed by atoms with Gasteiger partial charge in [0.25, 0.3) is 0 Å². The number of aryl methyl sites for hydroxylation is 8. The third kappa shape index (κ3) is 11.3. The lowest BCUT2D eigenvalue weighted by molar-refractivity contribution is 1.19. The van der Waals surface area contributed by atoms with Crippen LogP contribution in [0.4, 0.5) is 0 Å². The van der Waals surface area contributed by atoms with Crippen molar-refractivity contribution >= 4 is 0 Å². The van der Waals surface area contributed by atoms with Gasteiger partial charge in [-0.1, -0.05) is 218 Å². The monoisotopic (exact) mass is 1160 g/mol. The molecule has 0 radical (unpaired) electrons. The highest BCUT2D eigenvalue weighted by Crippen LogP contribution is 2.44. The van der Waals surface area contributed by atoms with Gasteiger partial charge >= 0.3 is 0 Å². The molecule has 12 aromatic rings. The lowest BCUT2D eigenvalue weighted by Gasteiger charge is -2.08. The molecule has 0 aromatic heterocycles. The fourth-order valence-electron chi connectivity index (χ4n) is 14.8. The van der Waals surface area contributed by atoms with E-state index in [2.05, 4.69) is 301 Å². The zero-order chi connectivity index (χ0) is 62.5. The van der Waals surface area contributed by atoms with E-state index >= 15 is 0 Å². The van der Waals surface area contributed by atoms with E-state index in [1.165, 1.54) is 200 Å². The summed E-state index contributed by atoms with van der Waals surface area (Å²) in [5, 5.41) is 0. The number of rotatable bonds is 0. The first kappa shape index (κ1) is 59.6. The Morgan fingerprint density at radius 3 is 0.778 bits per heavy atom. The van der Waals surface area contributed by atoms with Gasteiger partial charge in [-0.2, -0.15) is 0 Å². The molecule has 0 aliphatic heterocycles. The molecule has 444 valence electrons. The van der Waals surface area contributed by atoms with Crippen LogP contribution in [0.5, 0.6) is 0 Å². The molecule has 0 amide bonds. The van der Waals surface area contributed by atoms with Crippen LogP contribution in [0.15, 0.2) is 218 Å². The van der Waals surface area contributed by atoms with E-state index in [4.69, 9.17) is 0 Å². The summed E-state index contributed by atoms with van der Waals surface area (Å²) in [4.78, 5) is 0. The minimum absolute atomic E-state index is 1.10. The third-order valence-electron chi connectivity index (χ3n) is 20.9. The van der Waals surface area contributed by atoms with E-state index in [0.717, 1.165) is 38.5 Å². The van der Waals surface area contributed by atoms with Crippen LogP contribution in [-0.4, -0.2) is 0 Å². The second kappa shape index (κ2) is 24.9. The number of hydrogen-bond acceptors (Lipinski definition) is 0. The van der Waals surface area contributed by atoms with Gasteiger partial charge in [0.05, 0.1) is 0 Å². The van der Waals surface area contributed by atoms with Crippen molar-refractivity contribution < 1.29 is 0 Å². The molecule has 0 unspecified atom stereocenters. The molecule has 12 aromatic carbocycles. The molecule has 0 saturated carbocycles. The Labute approximate surface area is 537 Å². The summed E-state index contributed by atoms with van der Waals surface area (Å²) >= 11 is 0. The molecule has 0 saturated heterocycles. The highest BCUT2D eigenvalue weighted by Gasteiger charge is 2.25. The molecule has 0 bridgehead atoms. The van der Waals surface area contributed by atoms with Gasteiger partial charge in [-0.05, 0) is 322 Å². The van der Waals surface area contributed by atoms with Crippen LogP contribution in [0.3, 0.4) is 0 Å². The summed E-state index contributed by atoms with van der Waals surface area (Å²) in [5.74, 6) is 0. The summed E-state index contributed by atoms with van der Waals surface area (Å²) < 4.78 is 0. The molecule has 6 aliphatic carbocycles.